The average molecular weight is 302 g/mol. The Hall–Kier alpha value is -0.430. The Labute approximate surface area is 119 Å². The molecule has 1 aromatic heterocycles. The zero-order chi connectivity index (χ0) is 14.1. The van der Waals surface area contributed by atoms with E-state index in [2.05, 4.69) is 30.8 Å². The van der Waals surface area contributed by atoms with Crippen LogP contribution >= 0.6 is 11.3 Å². The second-order valence-corrected chi connectivity index (χ2v) is 9.09. The molecule has 1 saturated heterocycles. The third kappa shape index (κ3) is 3.78. The Morgan fingerprint density at radius 3 is 2.68 bits per heavy atom. The van der Waals surface area contributed by atoms with Crippen LogP contribution in [0.25, 0.3) is 0 Å². The van der Waals surface area contributed by atoms with Crippen molar-refractivity contribution < 1.29 is 8.42 Å². The summed E-state index contributed by atoms with van der Waals surface area (Å²) in [6.45, 7) is 7.73. The first-order valence-corrected chi connectivity index (χ1v) is 8.92. The maximum absolute atomic E-state index is 12.2. The fourth-order valence-corrected chi connectivity index (χ4v) is 4.57. The van der Waals surface area contributed by atoms with Crippen molar-refractivity contribution in [3.05, 3.63) is 17.0 Å². The summed E-state index contributed by atoms with van der Waals surface area (Å²) in [5.41, 5.74) is -0.00849. The number of sulfonamides is 1. The summed E-state index contributed by atoms with van der Waals surface area (Å²) in [4.78, 5) is 1.09. The van der Waals surface area contributed by atoms with E-state index < -0.39 is 10.0 Å². The van der Waals surface area contributed by atoms with Crippen molar-refractivity contribution in [1.29, 1.82) is 0 Å². The molecule has 6 heteroatoms. The third-order valence-corrected chi connectivity index (χ3v) is 6.69. The summed E-state index contributed by atoms with van der Waals surface area (Å²) < 4.78 is 27.5. The first kappa shape index (κ1) is 15.0. The molecule has 19 heavy (non-hydrogen) atoms. The van der Waals surface area contributed by atoms with Crippen LogP contribution in [0.1, 0.15) is 38.5 Å². The van der Waals surface area contributed by atoms with Crippen LogP contribution in [0.4, 0.5) is 0 Å². The fourth-order valence-electron chi connectivity index (χ4n) is 2.08. The molecule has 2 rings (SSSR count). The maximum Gasteiger partial charge on any atom is 0.250 e. The van der Waals surface area contributed by atoms with Gasteiger partial charge in [-0.25, -0.2) is 13.1 Å². The minimum absolute atomic E-state index is 0.00849. The highest BCUT2D eigenvalue weighted by molar-refractivity contribution is 7.91. The summed E-state index contributed by atoms with van der Waals surface area (Å²) >= 11 is 1.36. The molecule has 0 bridgehead atoms. The van der Waals surface area contributed by atoms with Crippen LogP contribution in [-0.2, 0) is 15.4 Å². The molecule has 2 heterocycles. The van der Waals surface area contributed by atoms with E-state index >= 15 is 0 Å². The van der Waals surface area contributed by atoms with Crippen LogP contribution in [-0.4, -0.2) is 27.5 Å². The molecule has 1 unspecified atom stereocenters. The predicted molar refractivity (Wildman–Crippen MR) is 79.2 cm³/mol. The van der Waals surface area contributed by atoms with Gasteiger partial charge in [-0.1, -0.05) is 20.8 Å². The largest absolute Gasteiger partial charge is 0.313 e. The van der Waals surface area contributed by atoms with Crippen LogP contribution < -0.4 is 10.0 Å². The van der Waals surface area contributed by atoms with Gasteiger partial charge in [-0.2, -0.15) is 0 Å². The van der Waals surface area contributed by atoms with E-state index in [1.165, 1.54) is 11.3 Å². The highest BCUT2D eigenvalue weighted by Crippen LogP contribution is 2.31. The van der Waals surface area contributed by atoms with Gasteiger partial charge in [0.1, 0.15) is 4.21 Å². The van der Waals surface area contributed by atoms with E-state index in [4.69, 9.17) is 0 Å². The summed E-state index contributed by atoms with van der Waals surface area (Å²) in [7, 11) is -3.36. The molecule has 0 spiro atoms. The van der Waals surface area contributed by atoms with Crippen LogP contribution in [0, 0.1) is 0 Å². The van der Waals surface area contributed by atoms with Crippen molar-refractivity contribution in [2.24, 2.45) is 0 Å². The fraction of sp³-hybridized carbons (Fsp3) is 0.692. The average Bonchev–Trinajstić information content (AvgIpc) is 2.97. The third-order valence-electron chi connectivity index (χ3n) is 3.27. The minimum atomic E-state index is -3.36. The van der Waals surface area contributed by atoms with Gasteiger partial charge < -0.3 is 5.32 Å². The van der Waals surface area contributed by atoms with E-state index in [0.717, 1.165) is 24.3 Å². The lowest BCUT2D eigenvalue weighted by atomic mass is 9.95. The summed E-state index contributed by atoms with van der Waals surface area (Å²) in [6, 6.07) is 3.89. The number of rotatable bonds is 4. The molecule has 1 fully saturated rings. The molecule has 4 nitrogen and oxygen atoms in total. The summed E-state index contributed by atoms with van der Waals surface area (Å²) in [6.07, 6.45) is 2.17. The Bertz CT molecular complexity index is 523. The molecule has 108 valence electrons. The number of hydrogen-bond donors (Lipinski definition) is 2. The van der Waals surface area contributed by atoms with Crippen molar-refractivity contribution in [1.82, 2.24) is 10.0 Å². The molecule has 0 aliphatic carbocycles. The lowest BCUT2D eigenvalue weighted by Crippen LogP contribution is -2.36. The SMILES string of the molecule is CC(C)(C)c1ccc(S(=O)(=O)NCC2CCCN2)s1. The smallest absolute Gasteiger partial charge is 0.250 e. The zero-order valence-electron chi connectivity index (χ0n) is 11.7. The molecule has 1 atom stereocenters. The second-order valence-electron chi connectivity index (χ2n) is 6.01. The molecular formula is C13H22N2O2S2. The van der Waals surface area contributed by atoms with Crippen LogP contribution in [0.5, 0.6) is 0 Å². The van der Waals surface area contributed by atoms with Crippen molar-refractivity contribution in [3.63, 3.8) is 0 Å². The minimum Gasteiger partial charge on any atom is -0.313 e. The molecule has 1 aromatic rings. The van der Waals surface area contributed by atoms with Crippen molar-refractivity contribution >= 4 is 21.4 Å². The number of hydrogen-bond acceptors (Lipinski definition) is 4. The molecular weight excluding hydrogens is 280 g/mol. The lowest BCUT2D eigenvalue weighted by molar-refractivity contribution is 0.553. The van der Waals surface area contributed by atoms with Crippen molar-refractivity contribution in [2.45, 2.75) is 49.3 Å². The number of thiophene rings is 1. The Morgan fingerprint density at radius 1 is 1.42 bits per heavy atom. The molecule has 2 N–H and O–H groups in total. The Kier molecular flexibility index (Phi) is 4.35. The van der Waals surface area contributed by atoms with Gasteiger partial charge >= 0.3 is 0 Å². The normalized spacial score (nSPS) is 20.9. The quantitative estimate of drug-likeness (QED) is 0.895. The first-order valence-electron chi connectivity index (χ1n) is 6.62. The highest BCUT2D eigenvalue weighted by atomic mass is 32.2. The van der Waals surface area contributed by atoms with Crippen molar-refractivity contribution in [3.8, 4) is 0 Å². The highest BCUT2D eigenvalue weighted by Gasteiger charge is 2.23. The topological polar surface area (TPSA) is 58.2 Å². The van der Waals surface area contributed by atoms with Gasteiger partial charge in [-0.15, -0.1) is 11.3 Å². The molecule has 0 saturated carbocycles. The van der Waals surface area contributed by atoms with E-state index in [-0.39, 0.29) is 11.5 Å². The van der Waals surface area contributed by atoms with Gasteiger partial charge in [0.25, 0.3) is 0 Å². The van der Waals surface area contributed by atoms with Crippen molar-refractivity contribution in [2.75, 3.05) is 13.1 Å². The van der Waals surface area contributed by atoms with Gasteiger partial charge in [0, 0.05) is 17.5 Å². The molecule has 0 aromatic carbocycles. The monoisotopic (exact) mass is 302 g/mol. The summed E-state index contributed by atoms with van der Waals surface area (Å²) in [5, 5.41) is 3.29. The van der Waals surface area contributed by atoms with Gasteiger partial charge in [0.15, 0.2) is 0 Å². The molecule has 1 aliphatic rings. The number of nitrogens with one attached hydrogen (secondary N) is 2. The van der Waals surface area contributed by atoms with E-state index in [0.29, 0.717) is 10.8 Å². The first-order chi connectivity index (χ1) is 8.79. The van der Waals surface area contributed by atoms with Crippen LogP contribution in [0.3, 0.4) is 0 Å². The van der Waals surface area contributed by atoms with Crippen LogP contribution in [0.2, 0.25) is 0 Å². The van der Waals surface area contributed by atoms with Gasteiger partial charge in [0.2, 0.25) is 10.0 Å². The maximum atomic E-state index is 12.2. The van der Waals surface area contributed by atoms with E-state index in [9.17, 15) is 8.42 Å². The molecule has 0 radical (unpaired) electrons. The summed E-state index contributed by atoms with van der Waals surface area (Å²) in [5.74, 6) is 0. The second kappa shape index (κ2) is 5.52. The van der Waals surface area contributed by atoms with Gasteiger partial charge in [-0.3, -0.25) is 0 Å². The zero-order valence-corrected chi connectivity index (χ0v) is 13.3. The Balaban J connectivity index is 2.04. The van der Waals surface area contributed by atoms with Gasteiger partial charge in [0.05, 0.1) is 0 Å². The van der Waals surface area contributed by atoms with Crippen LogP contribution in [0.15, 0.2) is 16.3 Å². The van der Waals surface area contributed by atoms with E-state index in [1.807, 2.05) is 6.07 Å². The Morgan fingerprint density at radius 2 is 2.16 bits per heavy atom. The molecule has 0 amide bonds. The lowest BCUT2D eigenvalue weighted by Gasteiger charge is -2.15. The molecule has 1 aliphatic heterocycles. The standard InChI is InChI=1S/C13H22N2O2S2/c1-13(2,3)11-6-7-12(18-11)19(16,17)15-9-10-5-4-8-14-10/h6-7,10,14-15H,4-5,8-9H2,1-3H3. The predicted octanol–water partition coefficient (Wildman–Crippen LogP) is 2.08. The van der Waals surface area contributed by atoms with E-state index in [1.54, 1.807) is 6.07 Å². The van der Waals surface area contributed by atoms with Gasteiger partial charge in [-0.05, 0) is 36.9 Å².